The first-order valence-corrected chi connectivity index (χ1v) is 7.40. The molecule has 1 saturated heterocycles. The number of amides is 1. The summed E-state index contributed by atoms with van der Waals surface area (Å²) in [6, 6.07) is 0.740. The van der Waals surface area contributed by atoms with Crippen molar-refractivity contribution in [1.29, 1.82) is 0 Å². The molecule has 0 spiro atoms. The highest BCUT2D eigenvalue weighted by atomic mass is 16.5. The molecule has 0 radical (unpaired) electrons. The van der Waals surface area contributed by atoms with Crippen LogP contribution >= 0.6 is 0 Å². The lowest BCUT2D eigenvalue weighted by Crippen LogP contribution is -2.44. The standard InChI is InChI=1S/C14H26N2O2/c1-11-13(8-9-18-11)15-10-14(17)16-12-6-4-2-3-5-7-12/h11-13,15H,2-10H2,1H3,(H,16,17). The molecule has 2 rings (SSSR count). The molecule has 2 fully saturated rings. The first kappa shape index (κ1) is 13.8. The van der Waals surface area contributed by atoms with Gasteiger partial charge in [0.05, 0.1) is 12.6 Å². The highest BCUT2D eigenvalue weighted by Crippen LogP contribution is 2.17. The van der Waals surface area contributed by atoms with Crippen molar-refractivity contribution in [3.8, 4) is 0 Å². The van der Waals surface area contributed by atoms with E-state index >= 15 is 0 Å². The second-order valence-corrected chi connectivity index (χ2v) is 5.61. The number of hydrogen-bond donors (Lipinski definition) is 2. The number of nitrogens with one attached hydrogen (secondary N) is 2. The van der Waals surface area contributed by atoms with Gasteiger partial charge in [-0.2, -0.15) is 0 Å². The third-order valence-corrected chi connectivity index (χ3v) is 4.12. The van der Waals surface area contributed by atoms with Crippen LogP contribution in [0.2, 0.25) is 0 Å². The largest absolute Gasteiger partial charge is 0.377 e. The van der Waals surface area contributed by atoms with Crippen molar-refractivity contribution in [1.82, 2.24) is 10.6 Å². The molecule has 0 bridgehead atoms. The van der Waals surface area contributed by atoms with E-state index in [-0.39, 0.29) is 12.0 Å². The summed E-state index contributed by atoms with van der Waals surface area (Å²) in [6.07, 6.45) is 8.69. The van der Waals surface area contributed by atoms with E-state index in [1.165, 1.54) is 25.7 Å². The summed E-state index contributed by atoms with van der Waals surface area (Å²) in [7, 11) is 0. The van der Waals surface area contributed by atoms with E-state index in [2.05, 4.69) is 17.6 Å². The molecule has 18 heavy (non-hydrogen) atoms. The van der Waals surface area contributed by atoms with Crippen molar-refractivity contribution in [2.45, 2.75) is 70.1 Å². The van der Waals surface area contributed by atoms with Gasteiger partial charge in [-0.1, -0.05) is 25.7 Å². The summed E-state index contributed by atoms with van der Waals surface area (Å²) in [5.41, 5.74) is 0. The van der Waals surface area contributed by atoms with Crippen molar-refractivity contribution in [3.05, 3.63) is 0 Å². The van der Waals surface area contributed by atoms with Gasteiger partial charge >= 0.3 is 0 Å². The Balaban J connectivity index is 1.64. The van der Waals surface area contributed by atoms with Gasteiger partial charge in [0.1, 0.15) is 0 Å². The zero-order valence-corrected chi connectivity index (χ0v) is 11.4. The summed E-state index contributed by atoms with van der Waals surface area (Å²) in [4.78, 5) is 11.9. The monoisotopic (exact) mass is 254 g/mol. The Morgan fingerprint density at radius 1 is 1.17 bits per heavy atom. The summed E-state index contributed by atoms with van der Waals surface area (Å²) in [6.45, 7) is 3.30. The van der Waals surface area contributed by atoms with Crippen LogP contribution < -0.4 is 10.6 Å². The lowest BCUT2D eigenvalue weighted by atomic mass is 10.1. The fraction of sp³-hybridized carbons (Fsp3) is 0.929. The molecule has 0 aromatic rings. The molecule has 2 unspecified atom stereocenters. The Kier molecular flexibility index (Phi) is 5.45. The predicted molar refractivity (Wildman–Crippen MR) is 71.5 cm³/mol. The van der Waals surface area contributed by atoms with Gasteiger partial charge in [-0.15, -0.1) is 0 Å². The molecule has 0 aromatic heterocycles. The van der Waals surface area contributed by atoms with Crippen LogP contribution in [0.5, 0.6) is 0 Å². The SMILES string of the molecule is CC1OCCC1NCC(=O)NC1CCCCCC1. The number of rotatable bonds is 4. The van der Waals surface area contributed by atoms with Crippen LogP contribution in [0.15, 0.2) is 0 Å². The number of carbonyl (C=O) groups excluding carboxylic acids is 1. The van der Waals surface area contributed by atoms with Crippen LogP contribution in [0, 0.1) is 0 Å². The van der Waals surface area contributed by atoms with Gasteiger partial charge in [0.25, 0.3) is 0 Å². The molecule has 0 aromatic carbocycles. The van der Waals surface area contributed by atoms with Gasteiger partial charge in [-0.3, -0.25) is 4.79 Å². The molecular formula is C14H26N2O2. The van der Waals surface area contributed by atoms with E-state index in [0.29, 0.717) is 18.6 Å². The Labute approximate surface area is 110 Å². The fourth-order valence-electron chi connectivity index (χ4n) is 2.93. The van der Waals surface area contributed by atoms with Gasteiger partial charge in [0.15, 0.2) is 0 Å². The van der Waals surface area contributed by atoms with Crippen LogP contribution in [0.25, 0.3) is 0 Å². The van der Waals surface area contributed by atoms with Crippen LogP contribution in [0.4, 0.5) is 0 Å². The topological polar surface area (TPSA) is 50.4 Å². The van der Waals surface area contributed by atoms with E-state index < -0.39 is 0 Å². The van der Waals surface area contributed by atoms with Crippen molar-refractivity contribution in [2.24, 2.45) is 0 Å². The third-order valence-electron chi connectivity index (χ3n) is 4.12. The Bertz CT molecular complexity index is 263. The zero-order chi connectivity index (χ0) is 12.8. The number of ether oxygens (including phenoxy) is 1. The Morgan fingerprint density at radius 3 is 2.50 bits per heavy atom. The minimum Gasteiger partial charge on any atom is -0.377 e. The van der Waals surface area contributed by atoms with Crippen molar-refractivity contribution < 1.29 is 9.53 Å². The van der Waals surface area contributed by atoms with Crippen LogP contribution in [0.3, 0.4) is 0 Å². The maximum Gasteiger partial charge on any atom is 0.234 e. The molecule has 1 aliphatic heterocycles. The van der Waals surface area contributed by atoms with E-state index in [0.717, 1.165) is 25.9 Å². The van der Waals surface area contributed by atoms with Crippen LogP contribution in [0.1, 0.15) is 51.9 Å². The first-order chi connectivity index (χ1) is 8.75. The number of carbonyl (C=O) groups is 1. The van der Waals surface area contributed by atoms with E-state index in [4.69, 9.17) is 4.74 Å². The van der Waals surface area contributed by atoms with Crippen LogP contribution in [-0.4, -0.2) is 37.2 Å². The molecular weight excluding hydrogens is 228 g/mol. The molecule has 4 nitrogen and oxygen atoms in total. The molecule has 2 aliphatic rings. The molecule has 104 valence electrons. The van der Waals surface area contributed by atoms with Crippen molar-refractivity contribution in [2.75, 3.05) is 13.2 Å². The van der Waals surface area contributed by atoms with Crippen molar-refractivity contribution >= 4 is 5.91 Å². The quantitative estimate of drug-likeness (QED) is 0.749. The predicted octanol–water partition coefficient (Wildman–Crippen LogP) is 1.59. The average Bonchev–Trinajstić information content (AvgIpc) is 2.61. The second kappa shape index (κ2) is 7.10. The molecule has 1 heterocycles. The minimum absolute atomic E-state index is 0.140. The lowest BCUT2D eigenvalue weighted by molar-refractivity contribution is -0.121. The summed E-state index contributed by atoms with van der Waals surface area (Å²) in [5.74, 6) is 0.140. The highest BCUT2D eigenvalue weighted by Gasteiger charge is 2.24. The van der Waals surface area contributed by atoms with E-state index in [9.17, 15) is 4.79 Å². The van der Waals surface area contributed by atoms with Gasteiger partial charge in [0.2, 0.25) is 5.91 Å². The zero-order valence-electron chi connectivity index (χ0n) is 11.4. The Morgan fingerprint density at radius 2 is 1.89 bits per heavy atom. The molecule has 4 heteroatoms. The highest BCUT2D eigenvalue weighted by molar-refractivity contribution is 5.78. The van der Waals surface area contributed by atoms with Gasteiger partial charge in [-0.05, 0) is 26.2 Å². The van der Waals surface area contributed by atoms with E-state index in [1.54, 1.807) is 0 Å². The molecule has 1 saturated carbocycles. The smallest absolute Gasteiger partial charge is 0.234 e. The minimum atomic E-state index is 0.140. The summed E-state index contributed by atoms with van der Waals surface area (Å²) in [5, 5.41) is 6.45. The van der Waals surface area contributed by atoms with E-state index in [1.807, 2.05) is 0 Å². The normalized spacial score (nSPS) is 30.1. The molecule has 2 atom stereocenters. The summed E-state index contributed by atoms with van der Waals surface area (Å²) < 4.78 is 5.47. The van der Waals surface area contributed by atoms with Gasteiger partial charge in [-0.25, -0.2) is 0 Å². The summed E-state index contributed by atoms with van der Waals surface area (Å²) >= 11 is 0. The van der Waals surface area contributed by atoms with Crippen molar-refractivity contribution in [3.63, 3.8) is 0 Å². The first-order valence-electron chi connectivity index (χ1n) is 7.40. The van der Waals surface area contributed by atoms with Gasteiger partial charge < -0.3 is 15.4 Å². The lowest BCUT2D eigenvalue weighted by Gasteiger charge is -2.19. The third kappa shape index (κ3) is 4.25. The Hall–Kier alpha value is -0.610. The maximum absolute atomic E-state index is 11.9. The maximum atomic E-state index is 11.9. The second-order valence-electron chi connectivity index (χ2n) is 5.61. The molecule has 1 amide bonds. The molecule has 1 aliphatic carbocycles. The van der Waals surface area contributed by atoms with Crippen LogP contribution in [-0.2, 0) is 9.53 Å². The molecule has 2 N–H and O–H groups in total. The number of hydrogen-bond acceptors (Lipinski definition) is 3. The average molecular weight is 254 g/mol. The fourth-order valence-corrected chi connectivity index (χ4v) is 2.93. The van der Waals surface area contributed by atoms with Gasteiger partial charge in [0, 0.05) is 18.7 Å².